The number of nitrogens with zero attached hydrogens (tertiary/aromatic N) is 2. The standard InChI is InChI=1S/C51H54Cl2FN7O7/c1-49(2,3)23-40-51(25-55-37-20-29(52)9-12-34(37)51)42(33-6-5-7-35(53)43(33)54)44(58-40)47(65)57-36-13-8-27(19-39(36)67-4)45(63)56-30-21-50(22-30)26-60(16-17-68-50)31-10-11-32-28(18-31)24-61(48(32)66)38-14-15-41(62)59-46(38)64/h5-13,18-20,30,38,40,42,44,55,58H,14-17,21-26H2,1-4H3,(H,56,63)(H,57,65)(H,59,62,64)/t30?,38?,40-,42-,44+,50?,51-/m0/s1. The smallest absolute Gasteiger partial charge is 0.255 e. The number of methoxy groups -OCH3 is 1. The Morgan fingerprint density at radius 2 is 1.82 bits per heavy atom. The van der Waals surface area contributed by atoms with Gasteiger partial charge in [0.2, 0.25) is 17.7 Å². The summed E-state index contributed by atoms with van der Waals surface area (Å²) in [5.41, 5.74) is 3.76. The van der Waals surface area contributed by atoms with E-state index in [1.807, 2.05) is 36.4 Å². The average molecular weight is 967 g/mol. The van der Waals surface area contributed by atoms with Gasteiger partial charge in [-0.15, -0.1) is 0 Å². The molecule has 6 aliphatic rings. The molecule has 4 aromatic carbocycles. The number of amides is 5. The van der Waals surface area contributed by atoms with Crippen molar-refractivity contribution in [3.63, 3.8) is 0 Å². The minimum Gasteiger partial charge on any atom is -0.495 e. The maximum Gasteiger partial charge on any atom is 0.255 e. The summed E-state index contributed by atoms with van der Waals surface area (Å²) in [7, 11) is 1.47. The summed E-state index contributed by atoms with van der Waals surface area (Å²) in [5.74, 6) is -2.66. The van der Waals surface area contributed by atoms with Crippen molar-refractivity contribution in [2.24, 2.45) is 5.41 Å². The Morgan fingerprint density at radius 3 is 2.59 bits per heavy atom. The van der Waals surface area contributed by atoms with E-state index in [9.17, 15) is 24.0 Å². The lowest BCUT2D eigenvalue weighted by Crippen LogP contribution is -2.64. The second-order valence-corrected chi connectivity index (χ2v) is 21.2. The molecule has 1 saturated carbocycles. The third kappa shape index (κ3) is 8.14. The lowest BCUT2D eigenvalue weighted by Gasteiger charge is -2.52. The highest BCUT2D eigenvalue weighted by molar-refractivity contribution is 6.31. The molecule has 68 heavy (non-hydrogen) atoms. The summed E-state index contributed by atoms with van der Waals surface area (Å²) in [6.45, 7) is 8.90. The number of piperidine rings is 1. The highest BCUT2D eigenvalue weighted by Crippen LogP contribution is 2.57. The monoisotopic (exact) mass is 965 g/mol. The summed E-state index contributed by atoms with van der Waals surface area (Å²) in [5, 5.41) is 16.3. The number of fused-ring (bicyclic) bond motifs is 3. The van der Waals surface area contributed by atoms with Crippen LogP contribution in [0.3, 0.4) is 0 Å². The maximum atomic E-state index is 16.3. The van der Waals surface area contributed by atoms with Crippen molar-refractivity contribution in [3.05, 3.63) is 116 Å². The van der Waals surface area contributed by atoms with Gasteiger partial charge in [0, 0.05) is 83.5 Å². The molecule has 14 nitrogen and oxygen atoms in total. The zero-order valence-electron chi connectivity index (χ0n) is 38.3. The normalized spacial score (nSPS) is 27.4. The van der Waals surface area contributed by atoms with Gasteiger partial charge in [-0.1, -0.05) is 62.2 Å². The molecule has 2 spiro atoms. The largest absolute Gasteiger partial charge is 0.495 e. The molecule has 4 fully saturated rings. The van der Waals surface area contributed by atoms with Crippen LogP contribution >= 0.6 is 23.2 Å². The van der Waals surface area contributed by atoms with Gasteiger partial charge >= 0.3 is 0 Å². The quantitative estimate of drug-likeness (QED) is 0.111. The molecule has 356 valence electrons. The van der Waals surface area contributed by atoms with Crippen LogP contribution in [0.25, 0.3) is 0 Å². The topological polar surface area (TPSA) is 170 Å². The van der Waals surface area contributed by atoms with E-state index in [0.717, 1.165) is 22.5 Å². The summed E-state index contributed by atoms with van der Waals surface area (Å²) in [4.78, 5) is 69.8. The van der Waals surface area contributed by atoms with Gasteiger partial charge in [0.25, 0.3) is 11.8 Å². The summed E-state index contributed by atoms with van der Waals surface area (Å²) < 4.78 is 28.4. The van der Waals surface area contributed by atoms with Crippen molar-refractivity contribution in [1.82, 2.24) is 20.9 Å². The van der Waals surface area contributed by atoms with Crippen molar-refractivity contribution < 1.29 is 37.8 Å². The Labute approximate surface area is 403 Å². The Bertz CT molecular complexity index is 2760. The summed E-state index contributed by atoms with van der Waals surface area (Å²) >= 11 is 12.9. The molecule has 5 aliphatic heterocycles. The second-order valence-electron chi connectivity index (χ2n) is 20.3. The van der Waals surface area contributed by atoms with Gasteiger partial charge in [0.05, 0.1) is 36.1 Å². The van der Waals surface area contributed by atoms with Crippen LogP contribution in [0.1, 0.15) is 96.2 Å². The van der Waals surface area contributed by atoms with E-state index in [-0.39, 0.29) is 52.4 Å². The molecule has 5 amide bonds. The van der Waals surface area contributed by atoms with Crippen LogP contribution < -0.4 is 36.2 Å². The third-order valence-electron chi connectivity index (χ3n) is 14.8. The zero-order chi connectivity index (χ0) is 47.9. The van der Waals surface area contributed by atoms with E-state index >= 15 is 4.39 Å². The molecule has 1 aliphatic carbocycles. The molecule has 0 bridgehead atoms. The summed E-state index contributed by atoms with van der Waals surface area (Å²) in [6.07, 6.45) is 2.37. The van der Waals surface area contributed by atoms with Crippen molar-refractivity contribution in [2.75, 3.05) is 48.9 Å². The number of imide groups is 1. The van der Waals surface area contributed by atoms with Gasteiger partial charge in [-0.25, -0.2) is 4.39 Å². The number of halogens is 3. The number of hydrogen-bond acceptors (Lipinski definition) is 10. The van der Waals surface area contributed by atoms with Crippen molar-refractivity contribution in [1.29, 1.82) is 0 Å². The van der Waals surface area contributed by atoms with Crippen molar-refractivity contribution in [2.45, 2.75) is 101 Å². The van der Waals surface area contributed by atoms with Gasteiger partial charge < -0.3 is 40.5 Å². The average Bonchev–Trinajstić information content (AvgIpc) is 3.93. The molecule has 17 heteroatoms. The fourth-order valence-electron chi connectivity index (χ4n) is 11.7. The van der Waals surface area contributed by atoms with Gasteiger partial charge in [-0.2, -0.15) is 0 Å². The molecular formula is C51H54Cl2FN7O7. The Kier molecular flexibility index (Phi) is 11.7. The number of carbonyl (C=O) groups excluding carboxylic acids is 5. The van der Waals surface area contributed by atoms with Crippen LogP contribution in [0.5, 0.6) is 5.75 Å². The molecule has 0 aromatic heterocycles. The van der Waals surface area contributed by atoms with Crippen LogP contribution in [0.2, 0.25) is 10.0 Å². The minimum absolute atomic E-state index is 0.0309. The minimum atomic E-state index is -0.905. The van der Waals surface area contributed by atoms with Gasteiger partial charge in [-0.05, 0) is 102 Å². The number of rotatable bonds is 9. The predicted octanol–water partition coefficient (Wildman–Crippen LogP) is 6.93. The molecule has 5 atom stereocenters. The Morgan fingerprint density at radius 1 is 1.01 bits per heavy atom. The number of carbonyl (C=O) groups is 5. The molecule has 4 aromatic rings. The SMILES string of the molecule is COc1cc(C(=O)NC2CC3(C2)CN(c2ccc4c(c2)CN(C2CCC(=O)NC2=O)C4=O)CCO3)ccc1NC(=O)[C@@H]1N[C@@H](CC(C)(C)C)[C@@]2(CNc3cc(Cl)ccc32)[C@H]1c1cccc(Cl)c1F. The molecule has 0 radical (unpaired) electrons. The molecule has 1 unspecified atom stereocenters. The van der Waals surface area contributed by atoms with Crippen molar-refractivity contribution >= 4 is 69.8 Å². The third-order valence-corrected chi connectivity index (χ3v) is 15.3. The lowest BCUT2D eigenvalue weighted by atomic mass is 9.63. The highest BCUT2D eigenvalue weighted by Gasteiger charge is 2.62. The van der Waals surface area contributed by atoms with Crippen LogP contribution in [0.15, 0.2) is 72.8 Å². The van der Waals surface area contributed by atoms with Crippen LogP contribution in [-0.2, 0) is 31.1 Å². The zero-order valence-corrected chi connectivity index (χ0v) is 39.8. The number of hydrogen-bond donors (Lipinski definition) is 5. The molecule has 5 heterocycles. The van der Waals surface area contributed by atoms with E-state index in [1.54, 1.807) is 35.2 Å². The lowest BCUT2D eigenvalue weighted by molar-refractivity contribution is -0.137. The van der Waals surface area contributed by atoms with Crippen LogP contribution in [0, 0.1) is 11.2 Å². The number of ether oxygens (including phenoxy) is 2. The van der Waals surface area contributed by atoms with E-state index in [1.165, 1.54) is 13.2 Å². The number of benzene rings is 4. The van der Waals surface area contributed by atoms with Gasteiger partial charge in [0.15, 0.2) is 0 Å². The first-order valence-electron chi connectivity index (χ1n) is 23.2. The van der Waals surface area contributed by atoms with Crippen LogP contribution in [0.4, 0.5) is 21.5 Å². The Balaban J connectivity index is 0.819. The first kappa shape index (κ1) is 46.0. The van der Waals surface area contributed by atoms with E-state index in [2.05, 4.69) is 52.3 Å². The van der Waals surface area contributed by atoms with Gasteiger partial charge in [-0.3, -0.25) is 29.3 Å². The summed E-state index contributed by atoms with van der Waals surface area (Å²) in [6, 6.07) is 19.2. The van der Waals surface area contributed by atoms with E-state index in [0.29, 0.717) is 85.9 Å². The van der Waals surface area contributed by atoms with Gasteiger partial charge in [0.1, 0.15) is 17.6 Å². The molecule has 3 saturated heterocycles. The number of anilines is 3. The number of nitrogens with one attached hydrogen (secondary N) is 5. The fraction of sp³-hybridized carbons (Fsp3) is 0.431. The Hall–Kier alpha value is -5.74. The molecular weight excluding hydrogens is 913 g/mol. The second kappa shape index (κ2) is 17.3. The number of morpholine rings is 1. The van der Waals surface area contributed by atoms with Crippen LogP contribution in [-0.4, -0.2) is 97.6 Å². The van der Waals surface area contributed by atoms with E-state index < -0.39 is 46.6 Å². The first-order valence-corrected chi connectivity index (χ1v) is 23.9. The highest BCUT2D eigenvalue weighted by atomic mass is 35.5. The fourth-order valence-corrected chi connectivity index (χ4v) is 12.0. The van der Waals surface area contributed by atoms with E-state index in [4.69, 9.17) is 32.7 Å². The van der Waals surface area contributed by atoms with Crippen molar-refractivity contribution in [3.8, 4) is 5.75 Å². The molecule has 5 N–H and O–H groups in total. The molecule has 10 rings (SSSR count). The maximum absolute atomic E-state index is 16.3. The predicted molar refractivity (Wildman–Crippen MR) is 256 cm³/mol. The first-order chi connectivity index (χ1) is 32.5.